The minimum atomic E-state index is -0.227. The van der Waals surface area contributed by atoms with E-state index in [9.17, 15) is 4.79 Å². The molecule has 12 heavy (non-hydrogen) atoms. The Morgan fingerprint density at radius 2 is 2.42 bits per heavy atom. The predicted octanol–water partition coefficient (Wildman–Crippen LogP) is 1.69. The van der Waals surface area contributed by atoms with E-state index in [0.29, 0.717) is 19.4 Å². The maximum absolute atomic E-state index is 11.1. The van der Waals surface area contributed by atoms with E-state index in [4.69, 9.17) is 10.00 Å². The summed E-state index contributed by atoms with van der Waals surface area (Å²) in [5.41, 5.74) is 0. The number of nitrogens with zero attached hydrogens (tertiary/aromatic N) is 1. The number of ether oxygens (including phenoxy) is 1. The van der Waals surface area contributed by atoms with Crippen LogP contribution in [0.4, 0.5) is 0 Å². The Balaban J connectivity index is 3.80. The molecule has 0 aromatic rings. The third-order valence-electron chi connectivity index (χ3n) is 1.56. The van der Waals surface area contributed by atoms with Gasteiger partial charge in [0.1, 0.15) is 0 Å². The Morgan fingerprint density at radius 1 is 1.75 bits per heavy atom. The summed E-state index contributed by atoms with van der Waals surface area (Å²) in [5, 5.41) is 8.31. The molecule has 0 amide bonds. The molecule has 0 aromatic heterocycles. The van der Waals surface area contributed by atoms with Crippen molar-refractivity contribution in [2.45, 2.75) is 26.7 Å². The van der Waals surface area contributed by atoms with Crippen molar-refractivity contribution in [2.24, 2.45) is 5.92 Å². The summed E-state index contributed by atoms with van der Waals surface area (Å²) < 4.78 is 4.81. The van der Waals surface area contributed by atoms with Crippen molar-refractivity contribution in [3.8, 4) is 6.07 Å². The smallest absolute Gasteiger partial charge is 0.309 e. The molecule has 0 bridgehead atoms. The Bertz CT molecular complexity index is 172. The second-order valence-corrected chi connectivity index (χ2v) is 2.39. The molecule has 3 nitrogen and oxygen atoms in total. The normalized spacial score (nSPS) is 11.8. The van der Waals surface area contributed by atoms with Crippen LogP contribution in [-0.2, 0) is 9.53 Å². The van der Waals surface area contributed by atoms with Crippen molar-refractivity contribution in [1.82, 2.24) is 0 Å². The number of carbonyl (C=O) groups is 1. The monoisotopic (exact) mass is 168 g/mol. The lowest BCUT2D eigenvalue weighted by molar-refractivity contribution is -0.146. The molecule has 0 heterocycles. The van der Waals surface area contributed by atoms with Crippen LogP contribution in [-0.4, -0.2) is 12.6 Å². The molecule has 3 heteroatoms. The maximum atomic E-state index is 11.1. The van der Waals surface area contributed by atoms with Crippen LogP contribution in [0.3, 0.4) is 0 Å². The molecule has 0 fully saturated rings. The molecule has 0 saturated heterocycles. The molecule has 0 spiro atoms. The van der Waals surface area contributed by atoms with Gasteiger partial charge in [-0.25, -0.2) is 0 Å². The Hall–Kier alpha value is -1.04. The van der Waals surface area contributed by atoms with E-state index in [0.717, 1.165) is 0 Å². The van der Waals surface area contributed by atoms with Crippen molar-refractivity contribution in [3.63, 3.8) is 0 Å². The van der Waals surface area contributed by atoms with Crippen molar-refractivity contribution < 1.29 is 9.53 Å². The van der Waals surface area contributed by atoms with Crippen molar-refractivity contribution >= 4 is 5.97 Å². The highest BCUT2D eigenvalue weighted by molar-refractivity contribution is 5.73. The first-order chi connectivity index (χ1) is 5.76. The van der Waals surface area contributed by atoms with E-state index < -0.39 is 0 Å². The fourth-order valence-electron chi connectivity index (χ4n) is 0.890. The molecular weight excluding hydrogens is 154 g/mol. The van der Waals surface area contributed by atoms with Crippen LogP contribution in [0.25, 0.3) is 0 Å². The molecule has 0 N–H and O–H groups in total. The van der Waals surface area contributed by atoms with E-state index in [-0.39, 0.29) is 11.9 Å². The number of nitriles is 1. The first kappa shape index (κ1) is 11.0. The zero-order valence-electron chi connectivity index (χ0n) is 7.54. The van der Waals surface area contributed by atoms with Gasteiger partial charge in [0.05, 0.1) is 18.6 Å². The average molecular weight is 168 g/mol. The highest BCUT2D eigenvalue weighted by atomic mass is 16.5. The average Bonchev–Trinajstić information content (AvgIpc) is 2.06. The second-order valence-electron chi connectivity index (χ2n) is 2.39. The molecule has 1 radical (unpaired) electrons. The van der Waals surface area contributed by atoms with Crippen LogP contribution in [0.1, 0.15) is 26.7 Å². The van der Waals surface area contributed by atoms with Gasteiger partial charge in [-0.1, -0.05) is 6.92 Å². The molecule has 0 saturated carbocycles. The van der Waals surface area contributed by atoms with Crippen LogP contribution < -0.4 is 0 Å². The number of hydrogen-bond acceptors (Lipinski definition) is 3. The quantitative estimate of drug-likeness (QED) is 0.587. The third kappa shape index (κ3) is 3.97. The van der Waals surface area contributed by atoms with Crippen molar-refractivity contribution in [3.05, 3.63) is 6.42 Å². The standard InChI is InChI=1S/C9H14NO2/c1-3-8(6-5-7-10)9(11)12-4-2/h3,8H,4-6H2,1-2H3. The molecule has 0 aliphatic heterocycles. The lowest BCUT2D eigenvalue weighted by Gasteiger charge is -2.10. The molecular formula is C9H14NO2. The largest absolute Gasteiger partial charge is 0.466 e. The zero-order valence-corrected chi connectivity index (χ0v) is 7.54. The Labute approximate surface area is 73.3 Å². The Kier molecular flexibility index (Phi) is 6.08. The number of hydrogen-bond donors (Lipinski definition) is 0. The van der Waals surface area contributed by atoms with Crippen LogP contribution >= 0.6 is 0 Å². The summed E-state index contributed by atoms with van der Waals surface area (Å²) in [6.07, 6.45) is 2.73. The fraction of sp³-hybridized carbons (Fsp3) is 0.667. The minimum Gasteiger partial charge on any atom is -0.466 e. The SMILES string of the molecule is C[CH]C(CCC#N)C(=O)OCC. The van der Waals surface area contributed by atoms with Crippen molar-refractivity contribution in [2.75, 3.05) is 6.61 Å². The van der Waals surface area contributed by atoms with Gasteiger partial charge in [0.25, 0.3) is 0 Å². The maximum Gasteiger partial charge on any atom is 0.309 e. The highest BCUT2D eigenvalue weighted by Crippen LogP contribution is 2.11. The molecule has 0 aliphatic carbocycles. The van der Waals surface area contributed by atoms with Crippen LogP contribution in [0, 0.1) is 23.7 Å². The van der Waals surface area contributed by atoms with Crippen LogP contribution in [0.5, 0.6) is 0 Å². The molecule has 0 rings (SSSR count). The van der Waals surface area contributed by atoms with E-state index in [2.05, 4.69) is 0 Å². The summed E-state index contributed by atoms with van der Waals surface area (Å²) in [6, 6.07) is 2.00. The van der Waals surface area contributed by atoms with E-state index >= 15 is 0 Å². The van der Waals surface area contributed by atoms with Gasteiger partial charge in [0.2, 0.25) is 0 Å². The summed E-state index contributed by atoms with van der Waals surface area (Å²) in [4.78, 5) is 11.1. The number of rotatable bonds is 5. The number of carbonyl (C=O) groups excluding carboxylic acids is 1. The third-order valence-corrected chi connectivity index (χ3v) is 1.56. The summed E-state index contributed by atoms with van der Waals surface area (Å²) >= 11 is 0. The predicted molar refractivity (Wildman–Crippen MR) is 44.9 cm³/mol. The molecule has 0 aromatic carbocycles. The van der Waals surface area contributed by atoms with Crippen molar-refractivity contribution in [1.29, 1.82) is 5.26 Å². The first-order valence-corrected chi connectivity index (χ1v) is 4.09. The molecule has 1 unspecified atom stereocenters. The minimum absolute atomic E-state index is 0.218. The van der Waals surface area contributed by atoms with Crippen LogP contribution in [0.2, 0.25) is 0 Å². The Morgan fingerprint density at radius 3 is 2.83 bits per heavy atom. The molecule has 67 valence electrons. The molecule has 1 atom stereocenters. The molecule has 0 aliphatic rings. The second kappa shape index (κ2) is 6.66. The van der Waals surface area contributed by atoms with Gasteiger partial charge in [-0.15, -0.1) is 0 Å². The first-order valence-electron chi connectivity index (χ1n) is 4.09. The zero-order chi connectivity index (χ0) is 9.40. The summed E-state index contributed by atoms with van der Waals surface area (Å²) in [5.74, 6) is -0.445. The van der Waals surface area contributed by atoms with Gasteiger partial charge in [-0.05, 0) is 19.8 Å². The van der Waals surface area contributed by atoms with Gasteiger partial charge in [0, 0.05) is 6.42 Å². The lowest BCUT2D eigenvalue weighted by Crippen LogP contribution is -2.17. The van der Waals surface area contributed by atoms with E-state index in [1.54, 1.807) is 20.3 Å². The van der Waals surface area contributed by atoms with Gasteiger partial charge in [0.15, 0.2) is 0 Å². The topological polar surface area (TPSA) is 50.1 Å². The van der Waals surface area contributed by atoms with Gasteiger partial charge >= 0.3 is 5.97 Å². The van der Waals surface area contributed by atoms with Gasteiger partial charge in [-0.2, -0.15) is 5.26 Å². The lowest BCUT2D eigenvalue weighted by atomic mass is 10.0. The summed E-state index contributed by atoms with van der Waals surface area (Å²) in [6.45, 7) is 3.98. The van der Waals surface area contributed by atoms with Crippen LogP contribution in [0.15, 0.2) is 0 Å². The van der Waals surface area contributed by atoms with E-state index in [1.807, 2.05) is 6.07 Å². The van der Waals surface area contributed by atoms with Gasteiger partial charge in [-0.3, -0.25) is 4.79 Å². The fourth-order valence-corrected chi connectivity index (χ4v) is 0.890. The number of esters is 1. The highest BCUT2D eigenvalue weighted by Gasteiger charge is 2.16. The van der Waals surface area contributed by atoms with E-state index in [1.165, 1.54) is 0 Å². The summed E-state index contributed by atoms with van der Waals surface area (Å²) in [7, 11) is 0. The van der Waals surface area contributed by atoms with Gasteiger partial charge < -0.3 is 4.74 Å².